The number of rotatable bonds is 1. The van der Waals surface area contributed by atoms with Gasteiger partial charge < -0.3 is 4.98 Å². The van der Waals surface area contributed by atoms with E-state index in [9.17, 15) is 18.0 Å². The maximum absolute atomic E-state index is 12.4. The fourth-order valence-corrected chi connectivity index (χ4v) is 1.91. The molecule has 0 unspecified atom stereocenters. The highest BCUT2D eigenvalue weighted by Crippen LogP contribution is 2.30. The van der Waals surface area contributed by atoms with Crippen molar-refractivity contribution >= 4 is 28.3 Å². The second-order valence-electron chi connectivity index (χ2n) is 3.64. The van der Waals surface area contributed by atoms with E-state index in [1.807, 2.05) is 0 Å². The second kappa shape index (κ2) is 3.77. The topological polar surface area (TPSA) is 32.9 Å². The Hall–Kier alpha value is -1.49. The third-order valence-corrected chi connectivity index (χ3v) is 2.67. The van der Waals surface area contributed by atoms with Gasteiger partial charge in [0.25, 0.3) is 5.78 Å². The SMILES string of the molecule is Cc1[nH]c2cc(Cl)ccc2c1C(=O)C(F)(F)F. The van der Waals surface area contributed by atoms with E-state index in [-0.39, 0.29) is 16.6 Å². The second-order valence-corrected chi connectivity index (χ2v) is 4.08. The number of halogens is 4. The van der Waals surface area contributed by atoms with Crippen molar-refractivity contribution in [1.29, 1.82) is 0 Å². The van der Waals surface area contributed by atoms with Gasteiger partial charge in [-0.15, -0.1) is 0 Å². The molecular weight excluding hydrogens is 255 g/mol. The predicted molar refractivity (Wildman–Crippen MR) is 58.4 cm³/mol. The number of Topliss-reactive ketones (excluding diaryl/α,β-unsaturated/α-hetero) is 1. The summed E-state index contributed by atoms with van der Waals surface area (Å²) < 4.78 is 37.2. The van der Waals surface area contributed by atoms with Crippen LogP contribution in [0.3, 0.4) is 0 Å². The molecule has 0 amide bonds. The Labute approximate surface area is 99.4 Å². The number of aromatic amines is 1. The average molecular weight is 262 g/mol. The minimum Gasteiger partial charge on any atom is -0.358 e. The Morgan fingerprint density at radius 2 is 2.00 bits per heavy atom. The first-order valence-corrected chi connectivity index (χ1v) is 5.08. The summed E-state index contributed by atoms with van der Waals surface area (Å²) >= 11 is 5.72. The van der Waals surface area contributed by atoms with E-state index < -0.39 is 12.0 Å². The van der Waals surface area contributed by atoms with Crippen molar-refractivity contribution < 1.29 is 18.0 Å². The van der Waals surface area contributed by atoms with Crippen LogP contribution in [0, 0.1) is 6.92 Å². The van der Waals surface area contributed by atoms with E-state index in [1.54, 1.807) is 0 Å². The minimum absolute atomic E-state index is 0.185. The van der Waals surface area contributed by atoms with Gasteiger partial charge in [-0.1, -0.05) is 17.7 Å². The molecule has 0 bridgehead atoms. The van der Waals surface area contributed by atoms with Crippen LogP contribution < -0.4 is 0 Å². The highest BCUT2D eigenvalue weighted by molar-refractivity contribution is 6.31. The van der Waals surface area contributed by atoms with Gasteiger partial charge in [0.15, 0.2) is 0 Å². The third kappa shape index (κ3) is 2.02. The van der Waals surface area contributed by atoms with Gasteiger partial charge in [0.05, 0.1) is 5.56 Å². The van der Waals surface area contributed by atoms with E-state index in [2.05, 4.69) is 4.98 Å². The number of H-pyrrole nitrogens is 1. The number of hydrogen-bond donors (Lipinski definition) is 1. The smallest absolute Gasteiger partial charge is 0.358 e. The number of nitrogens with one attached hydrogen (secondary N) is 1. The molecular formula is C11H7ClF3NO. The molecule has 17 heavy (non-hydrogen) atoms. The highest BCUT2D eigenvalue weighted by Gasteiger charge is 2.41. The van der Waals surface area contributed by atoms with Gasteiger partial charge in [-0.2, -0.15) is 13.2 Å². The summed E-state index contributed by atoms with van der Waals surface area (Å²) in [5.41, 5.74) is 0.261. The summed E-state index contributed by atoms with van der Waals surface area (Å²) in [5, 5.41) is 0.624. The van der Waals surface area contributed by atoms with Crippen LogP contribution in [0.5, 0.6) is 0 Å². The Morgan fingerprint density at radius 3 is 2.59 bits per heavy atom. The fraction of sp³-hybridized carbons (Fsp3) is 0.182. The van der Waals surface area contributed by atoms with E-state index in [1.165, 1.54) is 25.1 Å². The summed E-state index contributed by atoms with van der Waals surface area (Å²) in [6.45, 7) is 1.42. The van der Waals surface area contributed by atoms with Gasteiger partial charge >= 0.3 is 6.18 Å². The molecule has 0 aliphatic heterocycles. The lowest BCUT2D eigenvalue weighted by atomic mass is 10.1. The first kappa shape index (κ1) is 12.0. The third-order valence-electron chi connectivity index (χ3n) is 2.43. The van der Waals surface area contributed by atoms with Crippen LogP contribution in [-0.2, 0) is 0 Å². The number of alkyl halides is 3. The van der Waals surface area contributed by atoms with Gasteiger partial charge in [-0.25, -0.2) is 0 Å². The van der Waals surface area contributed by atoms with Crippen molar-refractivity contribution in [3.8, 4) is 0 Å². The Balaban J connectivity index is 2.70. The van der Waals surface area contributed by atoms with Crippen molar-refractivity contribution in [2.75, 3.05) is 0 Å². The summed E-state index contributed by atoms with van der Waals surface area (Å²) in [6, 6.07) is 4.33. The standard InChI is InChI=1S/C11H7ClF3NO/c1-5-9(10(17)11(13,14)15)7-3-2-6(12)4-8(7)16-5/h2-4,16H,1H3. The van der Waals surface area contributed by atoms with Crippen LogP contribution in [0.15, 0.2) is 18.2 Å². The van der Waals surface area contributed by atoms with Crippen LogP contribution in [-0.4, -0.2) is 16.9 Å². The molecule has 0 spiro atoms. The number of benzene rings is 1. The molecule has 0 fully saturated rings. The molecule has 0 atom stereocenters. The lowest BCUT2D eigenvalue weighted by Crippen LogP contribution is -2.23. The molecule has 2 rings (SSSR count). The molecule has 0 aliphatic rings. The number of ketones is 1. The van der Waals surface area contributed by atoms with Crippen LogP contribution in [0.2, 0.25) is 5.02 Å². The molecule has 1 heterocycles. The summed E-state index contributed by atoms with van der Waals surface area (Å²) in [4.78, 5) is 14.0. The minimum atomic E-state index is -4.88. The molecule has 0 aliphatic carbocycles. The van der Waals surface area contributed by atoms with Gasteiger partial charge in [0, 0.05) is 21.6 Å². The molecule has 0 saturated carbocycles. The maximum atomic E-state index is 12.4. The molecule has 0 saturated heterocycles. The molecule has 2 aromatic rings. The molecule has 1 aromatic heterocycles. The van der Waals surface area contributed by atoms with Crippen LogP contribution in [0.1, 0.15) is 16.1 Å². The van der Waals surface area contributed by atoms with Crippen molar-refractivity contribution in [3.05, 3.63) is 34.5 Å². The summed E-state index contributed by atoms with van der Waals surface area (Å²) in [7, 11) is 0. The summed E-state index contributed by atoms with van der Waals surface area (Å²) in [5.74, 6) is -1.84. The van der Waals surface area contributed by atoms with E-state index in [0.717, 1.165) is 0 Å². The molecule has 0 radical (unpaired) electrons. The normalized spacial score (nSPS) is 12.1. The fourth-order valence-electron chi connectivity index (χ4n) is 1.74. The zero-order valence-electron chi connectivity index (χ0n) is 8.65. The maximum Gasteiger partial charge on any atom is 0.454 e. The number of aryl methyl sites for hydroxylation is 1. The zero-order chi connectivity index (χ0) is 12.8. The van der Waals surface area contributed by atoms with E-state index in [4.69, 9.17) is 11.6 Å². The lowest BCUT2D eigenvalue weighted by molar-refractivity contribution is -0.0884. The van der Waals surface area contributed by atoms with Crippen LogP contribution in [0.25, 0.3) is 10.9 Å². The Kier molecular flexibility index (Phi) is 2.66. The Morgan fingerprint density at radius 1 is 1.35 bits per heavy atom. The van der Waals surface area contributed by atoms with E-state index >= 15 is 0 Å². The molecule has 1 N–H and O–H groups in total. The summed E-state index contributed by atoms with van der Waals surface area (Å²) in [6.07, 6.45) is -4.88. The number of carbonyl (C=O) groups excluding carboxylic acids is 1. The van der Waals surface area contributed by atoms with Crippen LogP contribution in [0.4, 0.5) is 13.2 Å². The van der Waals surface area contributed by atoms with Crippen LogP contribution >= 0.6 is 11.6 Å². The average Bonchev–Trinajstić information content (AvgIpc) is 2.50. The van der Waals surface area contributed by atoms with Crippen molar-refractivity contribution in [2.24, 2.45) is 0 Å². The predicted octanol–water partition coefficient (Wildman–Crippen LogP) is 3.87. The number of hydrogen-bond acceptors (Lipinski definition) is 1. The van der Waals surface area contributed by atoms with Gasteiger partial charge in [-0.3, -0.25) is 4.79 Å². The molecule has 1 aromatic carbocycles. The number of carbonyl (C=O) groups is 1. The zero-order valence-corrected chi connectivity index (χ0v) is 9.41. The lowest BCUT2D eigenvalue weighted by Gasteiger charge is -2.04. The molecule has 2 nitrogen and oxygen atoms in total. The van der Waals surface area contributed by atoms with Gasteiger partial charge in [-0.05, 0) is 19.1 Å². The quantitative estimate of drug-likeness (QED) is 0.777. The highest BCUT2D eigenvalue weighted by atomic mass is 35.5. The first-order chi connectivity index (χ1) is 7.80. The first-order valence-electron chi connectivity index (χ1n) is 4.70. The monoisotopic (exact) mass is 261 g/mol. The number of aromatic nitrogens is 1. The van der Waals surface area contributed by atoms with Crippen molar-refractivity contribution in [2.45, 2.75) is 13.1 Å². The number of fused-ring (bicyclic) bond motifs is 1. The molecule has 6 heteroatoms. The largest absolute Gasteiger partial charge is 0.454 e. The molecule has 90 valence electrons. The van der Waals surface area contributed by atoms with Crippen molar-refractivity contribution in [3.63, 3.8) is 0 Å². The van der Waals surface area contributed by atoms with Gasteiger partial charge in [0.2, 0.25) is 0 Å². The van der Waals surface area contributed by atoms with E-state index in [0.29, 0.717) is 10.5 Å². The van der Waals surface area contributed by atoms with Crippen molar-refractivity contribution in [1.82, 2.24) is 4.98 Å². The Bertz CT molecular complexity index is 601. The van der Waals surface area contributed by atoms with Gasteiger partial charge in [0.1, 0.15) is 0 Å².